The Labute approximate surface area is 158 Å². The Morgan fingerprint density at radius 2 is 1.81 bits per heavy atom. The Morgan fingerprint density at radius 1 is 1.15 bits per heavy atom. The van der Waals surface area contributed by atoms with Crippen LogP contribution < -0.4 is 10.1 Å². The van der Waals surface area contributed by atoms with Crippen molar-refractivity contribution in [2.75, 3.05) is 19.0 Å². The molecule has 0 bridgehead atoms. The standard InChI is InChI=1S/C21H23NO5/c1-21(2)13-26-20(24)18(21)27-19(23)17(14-7-5-4-6-8-14)22-15-9-11-16(25-3)12-10-15/h4-12,17-18,22H,13H2,1-3H3/t17-,18-/m0/s1. The molecule has 1 heterocycles. The van der Waals surface area contributed by atoms with Crippen LogP contribution in [0.25, 0.3) is 0 Å². The first-order valence-corrected chi connectivity index (χ1v) is 8.73. The van der Waals surface area contributed by atoms with Crippen LogP contribution in [-0.4, -0.2) is 31.8 Å². The largest absolute Gasteiger partial charge is 0.497 e. The Kier molecular flexibility index (Phi) is 5.35. The predicted molar refractivity (Wildman–Crippen MR) is 100 cm³/mol. The fourth-order valence-corrected chi connectivity index (χ4v) is 2.90. The van der Waals surface area contributed by atoms with E-state index in [1.807, 2.05) is 56.3 Å². The number of esters is 2. The maximum absolute atomic E-state index is 12.9. The molecule has 1 aliphatic rings. The van der Waals surface area contributed by atoms with E-state index in [2.05, 4.69) is 5.32 Å². The number of benzene rings is 2. The Balaban J connectivity index is 1.83. The Hall–Kier alpha value is -3.02. The summed E-state index contributed by atoms with van der Waals surface area (Å²) >= 11 is 0. The van der Waals surface area contributed by atoms with Crippen molar-refractivity contribution in [3.05, 3.63) is 60.2 Å². The summed E-state index contributed by atoms with van der Waals surface area (Å²) in [5.41, 5.74) is 0.908. The van der Waals surface area contributed by atoms with Crippen molar-refractivity contribution in [2.24, 2.45) is 5.41 Å². The summed E-state index contributed by atoms with van der Waals surface area (Å²) in [4.78, 5) is 24.9. The average Bonchev–Trinajstić information content (AvgIpc) is 2.94. The molecule has 1 saturated heterocycles. The maximum Gasteiger partial charge on any atom is 0.348 e. The molecular formula is C21H23NO5. The molecule has 1 aliphatic heterocycles. The lowest BCUT2D eigenvalue weighted by Crippen LogP contribution is -2.37. The molecule has 6 nitrogen and oxygen atoms in total. The van der Waals surface area contributed by atoms with Gasteiger partial charge in [-0.15, -0.1) is 0 Å². The highest BCUT2D eigenvalue weighted by atomic mass is 16.6. The van der Waals surface area contributed by atoms with Gasteiger partial charge < -0.3 is 19.5 Å². The molecule has 1 fully saturated rings. The van der Waals surface area contributed by atoms with Crippen molar-refractivity contribution >= 4 is 17.6 Å². The van der Waals surface area contributed by atoms with Gasteiger partial charge in [-0.25, -0.2) is 9.59 Å². The maximum atomic E-state index is 12.9. The van der Waals surface area contributed by atoms with Gasteiger partial charge in [0.2, 0.25) is 6.10 Å². The van der Waals surface area contributed by atoms with Gasteiger partial charge in [0.25, 0.3) is 0 Å². The molecule has 2 atom stereocenters. The minimum atomic E-state index is -0.922. The summed E-state index contributed by atoms with van der Waals surface area (Å²) in [5.74, 6) is -0.326. The van der Waals surface area contributed by atoms with Gasteiger partial charge >= 0.3 is 11.9 Å². The summed E-state index contributed by atoms with van der Waals surface area (Å²) in [6.45, 7) is 3.90. The Morgan fingerprint density at radius 3 is 2.37 bits per heavy atom. The van der Waals surface area contributed by atoms with Crippen LogP contribution >= 0.6 is 0 Å². The molecular weight excluding hydrogens is 346 g/mol. The van der Waals surface area contributed by atoms with E-state index in [0.29, 0.717) is 0 Å². The number of carbonyl (C=O) groups excluding carboxylic acids is 2. The third kappa shape index (κ3) is 4.22. The van der Waals surface area contributed by atoms with Crippen LogP contribution in [0.3, 0.4) is 0 Å². The highest BCUT2D eigenvalue weighted by Crippen LogP contribution is 2.33. The molecule has 0 aromatic heterocycles. The number of nitrogens with one attached hydrogen (secondary N) is 1. The van der Waals surface area contributed by atoms with Crippen LogP contribution in [-0.2, 0) is 19.1 Å². The molecule has 0 spiro atoms. The number of ether oxygens (including phenoxy) is 3. The molecule has 2 aromatic rings. The molecule has 27 heavy (non-hydrogen) atoms. The number of carbonyl (C=O) groups is 2. The Bertz CT molecular complexity index is 801. The van der Waals surface area contributed by atoms with E-state index in [0.717, 1.165) is 17.0 Å². The van der Waals surface area contributed by atoms with Crippen LogP contribution in [0.5, 0.6) is 5.75 Å². The van der Waals surface area contributed by atoms with E-state index >= 15 is 0 Å². The van der Waals surface area contributed by atoms with Crippen LogP contribution in [0.15, 0.2) is 54.6 Å². The summed E-state index contributed by atoms with van der Waals surface area (Å²) in [5, 5.41) is 3.18. The SMILES string of the molecule is COc1ccc(N[C@H](C(=O)O[C@H]2C(=O)OCC2(C)C)c2ccccc2)cc1. The fraction of sp³-hybridized carbons (Fsp3) is 0.333. The second kappa shape index (κ2) is 7.70. The van der Waals surface area contributed by atoms with E-state index in [1.54, 1.807) is 19.2 Å². The number of anilines is 1. The van der Waals surface area contributed by atoms with E-state index in [1.165, 1.54) is 0 Å². The van der Waals surface area contributed by atoms with Crippen molar-refractivity contribution in [1.82, 2.24) is 0 Å². The van der Waals surface area contributed by atoms with Crippen LogP contribution in [0, 0.1) is 5.41 Å². The summed E-state index contributed by atoms with van der Waals surface area (Å²) in [6.07, 6.45) is -0.922. The van der Waals surface area contributed by atoms with E-state index < -0.39 is 29.5 Å². The lowest BCUT2D eigenvalue weighted by atomic mass is 9.89. The van der Waals surface area contributed by atoms with Crippen molar-refractivity contribution in [1.29, 1.82) is 0 Å². The van der Waals surface area contributed by atoms with Crippen LogP contribution in [0.1, 0.15) is 25.5 Å². The predicted octanol–water partition coefficient (Wildman–Crippen LogP) is 3.34. The highest BCUT2D eigenvalue weighted by Gasteiger charge is 2.47. The first kappa shape index (κ1) is 18.8. The zero-order valence-electron chi connectivity index (χ0n) is 15.6. The van der Waals surface area contributed by atoms with Gasteiger partial charge in [0, 0.05) is 11.1 Å². The molecule has 3 rings (SSSR count). The van der Waals surface area contributed by atoms with Gasteiger partial charge in [-0.2, -0.15) is 0 Å². The summed E-state index contributed by atoms with van der Waals surface area (Å²) in [6, 6.07) is 15.7. The zero-order chi connectivity index (χ0) is 19.4. The van der Waals surface area contributed by atoms with Gasteiger partial charge in [-0.05, 0) is 29.8 Å². The molecule has 0 radical (unpaired) electrons. The monoisotopic (exact) mass is 369 g/mol. The van der Waals surface area contributed by atoms with E-state index in [-0.39, 0.29) is 6.61 Å². The smallest absolute Gasteiger partial charge is 0.348 e. The topological polar surface area (TPSA) is 73.9 Å². The number of hydrogen-bond acceptors (Lipinski definition) is 6. The third-order valence-electron chi connectivity index (χ3n) is 4.51. The molecule has 0 aliphatic carbocycles. The molecule has 2 aromatic carbocycles. The van der Waals surface area contributed by atoms with Crippen LogP contribution in [0.4, 0.5) is 5.69 Å². The fourth-order valence-electron chi connectivity index (χ4n) is 2.90. The quantitative estimate of drug-likeness (QED) is 0.787. The van der Waals surface area contributed by atoms with Gasteiger partial charge in [0.1, 0.15) is 12.4 Å². The van der Waals surface area contributed by atoms with Crippen LogP contribution in [0.2, 0.25) is 0 Å². The molecule has 0 saturated carbocycles. The lowest BCUT2D eigenvalue weighted by Gasteiger charge is -2.25. The normalized spacial score (nSPS) is 19.1. The summed E-state index contributed by atoms with van der Waals surface area (Å²) in [7, 11) is 1.59. The number of methoxy groups -OCH3 is 1. The van der Waals surface area contributed by atoms with Crippen molar-refractivity contribution in [3.8, 4) is 5.75 Å². The molecule has 142 valence electrons. The average molecular weight is 369 g/mol. The third-order valence-corrected chi connectivity index (χ3v) is 4.51. The van der Waals surface area contributed by atoms with E-state index in [9.17, 15) is 9.59 Å². The number of hydrogen-bond donors (Lipinski definition) is 1. The van der Waals surface area contributed by atoms with Gasteiger partial charge in [-0.3, -0.25) is 0 Å². The molecule has 6 heteroatoms. The molecule has 1 N–H and O–H groups in total. The molecule has 0 unspecified atom stereocenters. The second-order valence-electron chi connectivity index (χ2n) is 7.13. The lowest BCUT2D eigenvalue weighted by molar-refractivity contribution is -0.163. The van der Waals surface area contributed by atoms with Gasteiger partial charge in [0.05, 0.1) is 7.11 Å². The summed E-state index contributed by atoms with van der Waals surface area (Å²) < 4.78 is 15.8. The highest BCUT2D eigenvalue weighted by molar-refractivity contribution is 5.86. The minimum Gasteiger partial charge on any atom is -0.497 e. The number of cyclic esters (lactones) is 1. The molecule has 0 amide bonds. The zero-order valence-corrected chi connectivity index (χ0v) is 15.6. The van der Waals surface area contributed by atoms with Crippen molar-refractivity contribution in [3.63, 3.8) is 0 Å². The van der Waals surface area contributed by atoms with Crippen molar-refractivity contribution in [2.45, 2.75) is 26.0 Å². The number of rotatable bonds is 6. The van der Waals surface area contributed by atoms with Crippen molar-refractivity contribution < 1.29 is 23.8 Å². The minimum absolute atomic E-state index is 0.228. The first-order valence-electron chi connectivity index (χ1n) is 8.73. The van der Waals surface area contributed by atoms with Gasteiger partial charge in [0.15, 0.2) is 6.04 Å². The van der Waals surface area contributed by atoms with E-state index in [4.69, 9.17) is 14.2 Å². The first-order chi connectivity index (χ1) is 12.9. The second-order valence-corrected chi connectivity index (χ2v) is 7.13. The van der Waals surface area contributed by atoms with Gasteiger partial charge in [-0.1, -0.05) is 44.2 Å².